The molecule has 7 heteroatoms. The van der Waals surface area contributed by atoms with Crippen molar-refractivity contribution in [3.63, 3.8) is 0 Å². The van der Waals surface area contributed by atoms with Crippen molar-refractivity contribution in [1.82, 2.24) is 5.32 Å². The lowest BCUT2D eigenvalue weighted by Gasteiger charge is -2.23. The zero-order chi connectivity index (χ0) is 17.0. The highest BCUT2D eigenvalue weighted by molar-refractivity contribution is 5.90. The fourth-order valence-corrected chi connectivity index (χ4v) is 2.44. The summed E-state index contributed by atoms with van der Waals surface area (Å²) >= 11 is 0. The van der Waals surface area contributed by atoms with E-state index in [1.54, 1.807) is 19.1 Å². The SMILES string of the molecule is COc1cc(NC(=O)NCC(C)(O)C2CC2)cc(OC)c1OC. The molecule has 0 bridgehead atoms. The molecule has 23 heavy (non-hydrogen) atoms. The van der Waals surface area contributed by atoms with E-state index in [-0.39, 0.29) is 12.5 Å². The maximum Gasteiger partial charge on any atom is 0.319 e. The van der Waals surface area contributed by atoms with Crippen LogP contribution in [0.2, 0.25) is 0 Å². The van der Waals surface area contributed by atoms with Crippen molar-refractivity contribution >= 4 is 11.7 Å². The standard InChI is InChI=1S/C16H24N2O5/c1-16(20,10-5-6-10)9-17-15(19)18-11-7-12(21-2)14(23-4)13(8-11)22-3/h7-8,10,20H,5-6,9H2,1-4H3,(H2,17,18,19). The van der Waals surface area contributed by atoms with Crippen LogP contribution >= 0.6 is 0 Å². The van der Waals surface area contributed by atoms with Crippen molar-refractivity contribution in [1.29, 1.82) is 0 Å². The minimum Gasteiger partial charge on any atom is -0.493 e. The number of urea groups is 1. The van der Waals surface area contributed by atoms with Gasteiger partial charge in [0.1, 0.15) is 0 Å². The van der Waals surface area contributed by atoms with Crippen molar-refractivity contribution in [2.45, 2.75) is 25.4 Å². The summed E-state index contributed by atoms with van der Waals surface area (Å²) in [6, 6.07) is 2.88. The molecular weight excluding hydrogens is 300 g/mol. The second-order valence-corrected chi connectivity index (χ2v) is 5.85. The first-order valence-corrected chi connectivity index (χ1v) is 7.48. The predicted octanol–water partition coefficient (Wildman–Crippen LogP) is 1.99. The van der Waals surface area contributed by atoms with Gasteiger partial charge in [-0.1, -0.05) is 0 Å². The van der Waals surface area contributed by atoms with Crippen molar-refractivity contribution in [2.75, 3.05) is 33.2 Å². The first-order chi connectivity index (χ1) is 10.9. The normalized spacial score (nSPS) is 16.2. The molecule has 0 aliphatic heterocycles. The average Bonchev–Trinajstić information content (AvgIpc) is 3.37. The van der Waals surface area contributed by atoms with E-state index in [2.05, 4.69) is 10.6 Å². The summed E-state index contributed by atoms with van der Waals surface area (Å²) in [5.74, 6) is 1.63. The maximum atomic E-state index is 12.0. The molecule has 1 unspecified atom stereocenters. The van der Waals surface area contributed by atoms with E-state index in [9.17, 15) is 9.90 Å². The van der Waals surface area contributed by atoms with Crippen molar-refractivity contribution in [3.05, 3.63) is 12.1 Å². The van der Waals surface area contributed by atoms with Gasteiger partial charge < -0.3 is 30.0 Å². The van der Waals surface area contributed by atoms with E-state index in [1.807, 2.05) is 0 Å². The van der Waals surface area contributed by atoms with Crippen LogP contribution in [0.3, 0.4) is 0 Å². The first kappa shape index (κ1) is 17.2. The van der Waals surface area contributed by atoms with Gasteiger partial charge in [-0.05, 0) is 25.7 Å². The molecule has 128 valence electrons. The fraction of sp³-hybridized carbons (Fsp3) is 0.562. The summed E-state index contributed by atoms with van der Waals surface area (Å²) in [4.78, 5) is 12.0. The van der Waals surface area contributed by atoms with Crippen LogP contribution in [-0.2, 0) is 0 Å². The molecule has 1 fully saturated rings. The first-order valence-electron chi connectivity index (χ1n) is 7.48. The summed E-state index contributed by atoms with van der Waals surface area (Å²) in [6.45, 7) is 1.94. The lowest BCUT2D eigenvalue weighted by molar-refractivity contribution is 0.0398. The minimum atomic E-state index is -0.868. The highest BCUT2D eigenvalue weighted by Crippen LogP contribution is 2.40. The number of carbonyl (C=O) groups is 1. The van der Waals surface area contributed by atoms with Crippen LogP contribution in [0.25, 0.3) is 0 Å². The molecule has 7 nitrogen and oxygen atoms in total. The quantitative estimate of drug-likeness (QED) is 0.714. The van der Waals surface area contributed by atoms with Crippen LogP contribution in [0.5, 0.6) is 17.2 Å². The third-order valence-corrected chi connectivity index (χ3v) is 3.99. The van der Waals surface area contributed by atoms with Gasteiger partial charge in [0.25, 0.3) is 0 Å². The lowest BCUT2D eigenvalue weighted by atomic mass is 10.0. The molecular formula is C16H24N2O5. The van der Waals surface area contributed by atoms with Gasteiger partial charge >= 0.3 is 6.03 Å². The summed E-state index contributed by atoms with van der Waals surface area (Å²) in [5, 5.41) is 15.6. The lowest BCUT2D eigenvalue weighted by Crippen LogP contribution is -2.43. The Morgan fingerprint density at radius 2 is 1.78 bits per heavy atom. The third-order valence-electron chi connectivity index (χ3n) is 3.99. The van der Waals surface area contributed by atoms with Gasteiger partial charge in [-0.15, -0.1) is 0 Å². The highest BCUT2D eigenvalue weighted by atomic mass is 16.5. The fourth-order valence-electron chi connectivity index (χ4n) is 2.44. The van der Waals surface area contributed by atoms with Crippen LogP contribution in [0.4, 0.5) is 10.5 Å². The highest BCUT2D eigenvalue weighted by Gasteiger charge is 2.39. The molecule has 2 amide bonds. The number of methoxy groups -OCH3 is 3. The van der Waals surface area contributed by atoms with E-state index >= 15 is 0 Å². The Hall–Kier alpha value is -2.15. The monoisotopic (exact) mass is 324 g/mol. The summed E-state index contributed by atoms with van der Waals surface area (Å²) in [7, 11) is 4.53. The van der Waals surface area contributed by atoms with Crippen LogP contribution in [0.1, 0.15) is 19.8 Å². The van der Waals surface area contributed by atoms with E-state index in [4.69, 9.17) is 14.2 Å². The smallest absolute Gasteiger partial charge is 0.319 e. The largest absolute Gasteiger partial charge is 0.493 e. The molecule has 1 aromatic rings. The molecule has 1 atom stereocenters. The number of benzene rings is 1. The minimum absolute atomic E-state index is 0.202. The van der Waals surface area contributed by atoms with Crippen molar-refractivity contribution in [2.24, 2.45) is 5.92 Å². The number of carbonyl (C=O) groups excluding carboxylic acids is 1. The van der Waals surface area contributed by atoms with E-state index in [0.29, 0.717) is 22.9 Å². The molecule has 0 saturated heterocycles. The van der Waals surface area contributed by atoms with E-state index in [1.165, 1.54) is 21.3 Å². The average molecular weight is 324 g/mol. The number of nitrogens with one attached hydrogen (secondary N) is 2. The second kappa shape index (κ2) is 6.95. The molecule has 3 N–H and O–H groups in total. The zero-order valence-electron chi connectivity index (χ0n) is 13.9. The Balaban J connectivity index is 2.02. The summed E-state index contributed by atoms with van der Waals surface area (Å²) < 4.78 is 15.7. The van der Waals surface area contributed by atoms with Gasteiger partial charge in [0.15, 0.2) is 11.5 Å². The number of aliphatic hydroxyl groups is 1. The molecule has 1 aliphatic carbocycles. The Morgan fingerprint density at radius 3 is 2.22 bits per heavy atom. The summed E-state index contributed by atoms with van der Waals surface area (Å²) in [5.41, 5.74) is -0.366. The molecule has 0 spiro atoms. The number of rotatable bonds is 7. The van der Waals surface area contributed by atoms with Crippen molar-refractivity contribution in [3.8, 4) is 17.2 Å². The van der Waals surface area contributed by atoms with Gasteiger partial charge in [0, 0.05) is 18.7 Å². The van der Waals surface area contributed by atoms with Gasteiger partial charge in [0.2, 0.25) is 5.75 Å². The van der Waals surface area contributed by atoms with Gasteiger partial charge in [-0.25, -0.2) is 4.79 Å². The summed E-state index contributed by atoms with van der Waals surface area (Å²) in [6.07, 6.45) is 2.01. The molecule has 1 aromatic carbocycles. The van der Waals surface area contributed by atoms with Gasteiger partial charge in [-0.3, -0.25) is 0 Å². The van der Waals surface area contributed by atoms with E-state index in [0.717, 1.165) is 12.8 Å². The number of anilines is 1. The van der Waals surface area contributed by atoms with Gasteiger partial charge in [-0.2, -0.15) is 0 Å². The predicted molar refractivity (Wildman–Crippen MR) is 86.5 cm³/mol. The molecule has 0 radical (unpaired) electrons. The van der Waals surface area contributed by atoms with E-state index < -0.39 is 11.6 Å². The van der Waals surface area contributed by atoms with Crippen molar-refractivity contribution < 1.29 is 24.1 Å². The molecule has 1 saturated carbocycles. The Bertz CT molecular complexity index is 545. The van der Waals surface area contributed by atoms with Crippen LogP contribution in [0, 0.1) is 5.92 Å². The molecule has 1 aliphatic rings. The van der Waals surface area contributed by atoms with Gasteiger partial charge in [0.05, 0.1) is 32.6 Å². The Kier molecular flexibility index (Phi) is 5.20. The topological polar surface area (TPSA) is 89.1 Å². The maximum absolute atomic E-state index is 12.0. The Morgan fingerprint density at radius 1 is 1.22 bits per heavy atom. The third kappa shape index (κ3) is 4.19. The second-order valence-electron chi connectivity index (χ2n) is 5.85. The zero-order valence-corrected chi connectivity index (χ0v) is 13.9. The number of hydrogen-bond acceptors (Lipinski definition) is 5. The van der Waals surface area contributed by atoms with Crippen LogP contribution in [-0.4, -0.2) is 44.6 Å². The van der Waals surface area contributed by atoms with Crippen LogP contribution < -0.4 is 24.8 Å². The number of ether oxygens (including phenoxy) is 3. The molecule has 0 aromatic heterocycles. The number of amides is 2. The Labute approximate surface area is 135 Å². The van der Waals surface area contributed by atoms with Crippen LogP contribution in [0.15, 0.2) is 12.1 Å². The molecule has 0 heterocycles. The molecule has 2 rings (SSSR count). The number of hydrogen-bond donors (Lipinski definition) is 3.